The summed E-state index contributed by atoms with van der Waals surface area (Å²) in [5.41, 5.74) is 4.00. The number of methoxy groups -OCH3 is 1. The van der Waals surface area contributed by atoms with Crippen molar-refractivity contribution in [2.45, 2.75) is 51.0 Å². The lowest BCUT2D eigenvalue weighted by atomic mass is 10.0. The zero-order valence-corrected chi connectivity index (χ0v) is 16.4. The van der Waals surface area contributed by atoms with Gasteiger partial charge in [0.25, 0.3) is 0 Å². The minimum Gasteiger partial charge on any atom is -0.493 e. The number of ether oxygens (including phenoxy) is 2. The highest BCUT2D eigenvalue weighted by Gasteiger charge is 2.24. The normalized spacial score (nSPS) is 17.2. The van der Waals surface area contributed by atoms with Crippen LogP contribution in [-0.4, -0.2) is 19.0 Å². The van der Waals surface area contributed by atoms with Gasteiger partial charge < -0.3 is 14.8 Å². The van der Waals surface area contributed by atoms with Crippen molar-refractivity contribution < 1.29 is 14.3 Å². The van der Waals surface area contributed by atoms with E-state index in [4.69, 9.17) is 9.47 Å². The van der Waals surface area contributed by atoms with Crippen molar-refractivity contribution in [3.63, 3.8) is 0 Å². The molecule has 1 fully saturated rings. The summed E-state index contributed by atoms with van der Waals surface area (Å²) >= 11 is 0. The topological polar surface area (TPSA) is 47.6 Å². The fraction of sp³-hybridized carbons (Fsp3) is 0.375. The first-order valence-electron chi connectivity index (χ1n) is 10.1. The molecule has 2 aromatic carbocycles. The Morgan fingerprint density at radius 3 is 2.54 bits per heavy atom. The molecule has 0 spiro atoms. The number of nitrogens with one attached hydrogen (secondary N) is 1. The molecule has 2 aromatic rings. The molecule has 146 valence electrons. The van der Waals surface area contributed by atoms with E-state index in [1.807, 2.05) is 36.4 Å². The number of benzene rings is 2. The Hall–Kier alpha value is -2.75. The van der Waals surface area contributed by atoms with E-state index >= 15 is 0 Å². The van der Waals surface area contributed by atoms with E-state index in [9.17, 15) is 4.79 Å². The SMILES string of the molecule is COc1ccc(NC2=C(Cc3ccccc3)C(=O)CC2)cc1OC1CCCC1. The Morgan fingerprint density at radius 1 is 1.00 bits per heavy atom. The Bertz CT molecular complexity index is 867. The molecule has 0 heterocycles. The molecular formula is C24H27NO3. The van der Waals surface area contributed by atoms with E-state index in [2.05, 4.69) is 17.4 Å². The van der Waals surface area contributed by atoms with Crippen LogP contribution in [0.5, 0.6) is 11.5 Å². The van der Waals surface area contributed by atoms with Crippen LogP contribution < -0.4 is 14.8 Å². The molecule has 0 unspecified atom stereocenters. The highest BCUT2D eigenvalue weighted by molar-refractivity contribution is 5.99. The van der Waals surface area contributed by atoms with E-state index in [0.717, 1.165) is 53.3 Å². The number of ketones is 1. The number of Topliss-reactive ketones (excluding diaryl/α,β-unsaturated/α-hetero) is 1. The van der Waals surface area contributed by atoms with Gasteiger partial charge in [0, 0.05) is 35.9 Å². The Morgan fingerprint density at radius 2 is 1.79 bits per heavy atom. The Kier molecular flexibility index (Phi) is 5.65. The molecule has 0 amide bonds. The first-order chi connectivity index (χ1) is 13.7. The molecule has 4 heteroatoms. The molecule has 0 bridgehead atoms. The molecule has 0 saturated heterocycles. The average Bonchev–Trinajstić information content (AvgIpc) is 3.34. The third-order valence-electron chi connectivity index (χ3n) is 5.58. The smallest absolute Gasteiger partial charge is 0.163 e. The molecule has 1 saturated carbocycles. The predicted molar refractivity (Wildman–Crippen MR) is 111 cm³/mol. The van der Waals surface area contributed by atoms with Gasteiger partial charge in [0.1, 0.15) is 0 Å². The highest BCUT2D eigenvalue weighted by atomic mass is 16.5. The van der Waals surface area contributed by atoms with Gasteiger partial charge in [0.2, 0.25) is 0 Å². The summed E-state index contributed by atoms with van der Waals surface area (Å²) in [5.74, 6) is 1.76. The number of hydrogen-bond acceptors (Lipinski definition) is 4. The molecule has 0 radical (unpaired) electrons. The van der Waals surface area contributed by atoms with Gasteiger partial charge in [-0.05, 0) is 49.8 Å². The molecule has 0 aliphatic heterocycles. The molecule has 1 N–H and O–H groups in total. The average molecular weight is 377 g/mol. The van der Waals surface area contributed by atoms with Gasteiger partial charge in [0.15, 0.2) is 17.3 Å². The minimum atomic E-state index is 0.238. The van der Waals surface area contributed by atoms with Crippen molar-refractivity contribution >= 4 is 11.5 Å². The lowest BCUT2D eigenvalue weighted by molar-refractivity contribution is -0.115. The molecule has 4 rings (SSSR count). The minimum absolute atomic E-state index is 0.238. The van der Waals surface area contributed by atoms with Crippen LogP contribution in [0, 0.1) is 0 Å². The maximum absolute atomic E-state index is 12.4. The molecular weight excluding hydrogens is 350 g/mol. The summed E-state index contributed by atoms with van der Waals surface area (Å²) in [5, 5.41) is 3.48. The number of hydrogen-bond donors (Lipinski definition) is 1. The maximum atomic E-state index is 12.4. The van der Waals surface area contributed by atoms with Crippen LogP contribution in [0.4, 0.5) is 5.69 Å². The quantitative estimate of drug-likeness (QED) is 0.712. The second-order valence-electron chi connectivity index (χ2n) is 7.56. The molecule has 2 aliphatic rings. The number of rotatable bonds is 7. The van der Waals surface area contributed by atoms with E-state index in [1.54, 1.807) is 7.11 Å². The third-order valence-corrected chi connectivity index (χ3v) is 5.58. The van der Waals surface area contributed by atoms with Crippen LogP contribution in [0.1, 0.15) is 44.1 Å². The molecule has 28 heavy (non-hydrogen) atoms. The van der Waals surface area contributed by atoms with Crippen LogP contribution in [0.25, 0.3) is 0 Å². The van der Waals surface area contributed by atoms with E-state index in [0.29, 0.717) is 12.8 Å². The molecule has 4 nitrogen and oxygen atoms in total. The van der Waals surface area contributed by atoms with Crippen molar-refractivity contribution in [1.82, 2.24) is 0 Å². The predicted octanol–water partition coefficient (Wildman–Crippen LogP) is 5.29. The van der Waals surface area contributed by atoms with E-state index in [-0.39, 0.29) is 11.9 Å². The van der Waals surface area contributed by atoms with Crippen molar-refractivity contribution in [3.8, 4) is 11.5 Å². The lowest BCUT2D eigenvalue weighted by Gasteiger charge is -2.18. The van der Waals surface area contributed by atoms with Crippen LogP contribution in [0.15, 0.2) is 59.8 Å². The summed E-state index contributed by atoms with van der Waals surface area (Å²) in [6.45, 7) is 0. The van der Waals surface area contributed by atoms with Gasteiger partial charge in [-0.1, -0.05) is 30.3 Å². The summed E-state index contributed by atoms with van der Waals surface area (Å²) in [7, 11) is 1.67. The van der Waals surface area contributed by atoms with Crippen LogP contribution in [0.3, 0.4) is 0 Å². The Balaban J connectivity index is 1.55. The van der Waals surface area contributed by atoms with Gasteiger partial charge >= 0.3 is 0 Å². The third kappa shape index (κ3) is 4.22. The fourth-order valence-electron chi connectivity index (χ4n) is 4.06. The van der Waals surface area contributed by atoms with Crippen molar-refractivity contribution in [1.29, 1.82) is 0 Å². The second-order valence-corrected chi connectivity index (χ2v) is 7.56. The summed E-state index contributed by atoms with van der Waals surface area (Å²) in [6.07, 6.45) is 6.92. The van der Waals surface area contributed by atoms with Crippen molar-refractivity contribution in [2.24, 2.45) is 0 Å². The zero-order chi connectivity index (χ0) is 19.3. The second kappa shape index (κ2) is 8.51. The van der Waals surface area contributed by atoms with Crippen LogP contribution in [-0.2, 0) is 11.2 Å². The van der Waals surface area contributed by atoms with Gasteiger partial charge in [-0.25, -0.2) is 0 Å². The fourth-order valence-corrected chi connectivity index (χ4v) is 4.06. The highest BCUT2D eigenvalue weighted by Crippen LogP contribution is 2.35. The summed E-state index contributed by atoms with van der Waals surface area (Å²) < 4.78 is 11.7. The standard InChI is InChI=1S/C24H27NO3/c1-27-23-14-11-18(16-24(23)28-19-9-5-6-10-19)25-21-12-13-22(26)20(21)15-17-7-3-2-4-8-17/h2-4,7-8,11,14,16,19,25H,5-6,9-10,12-13,15H2,1H3. The largest absolute Gasteiger partial charge is 0.493 e. The van der Waals surface area contributed by atoms with Crippen LogP contribution >= 0.6 is 0 Å². The number of allylic oxidation sites excluding steroid dienone is 2. The van der Waals surface area contributed by atoms with Gasteiger partial charge in [-0.3, -0.25) is 4.79 Å². The first kappa shape index (κ1) is 18.6. The van der Waals surface area contributed by atoms with Crippen LogP contribution in [0.2, 0.25) is 0 Å². The summed E-state index contributed by atoms with van der Waals surface area (Å²) in [6, 6.07) is 16.1. The van der Waals surface area contributed by atoms with Gasteiger partial charge in [-0.2, -0.15) is 0 Å². The van der Waals surface area contributed by atoms with E-state index < -0.39 is 0 Å². The first-order valence-corrected chi connectivity index (χ1v) is 10.1. The maximum Gasteiger partial charge on any atom is 0.163 e. The van der Waals surface area contributed by atoms with Crippen molar-refractivity contribution in [2.75, 3.05) is 12.4 Å². The lowest BCUT2D eigenvalue weighted by Crippen LogP contribution is -2.12. The molecule has 0 aromatic heterocycles. The number of carbonyl (C=O) groups excluding carboxylic acids is 1. The zero-order valence-electron chi connectivity index (χ0n) is 16.4. The molecule has 0 atom stereocenters. The number of anilines is 1. The number of carbonyl (C=O) groups is 1. The summed E-state index contributed by atoms with van der Waals surface area (Å²) in [4.78, 5) is 12.4. The van der Waals surface area contributed by atoms with Crippen molar-refractivity contribution in [3.05, 3.63) is 65.4 Å². The van der Waals surface area contributed by atoms with Gasteiger partial charge in [0.05, 0.1) is 13.2 Å². The Labute approximate surface area is 166 Å². The van der Waals surface area contributed by atoms with Gasteiger partial charge in [-0.15, -0.1) is 0 Å². The van der Waals surface area contributed by atoms with E-state index in [1.165, 1.54) is 12.8 Å². The molecule has 2 aliphatic carbocycles. The monoisotopic (exact) mass is 377 g/mol.